The molecule has 0 aromatic carbocycles. The molecule has 0 saturated carbocycles. The number of aliphatic carboxylic acids is 1. The van der Waals surface area contributed by atoms with E-state index in [1.165, 1.54) is 12.2 Å². The lowest BCUT2D eigenvalue weighted by Crippen LogP contribution is -2.40. The van der Waals surface area contributed by atoms with Crippen LogP contribution in [-0.2, 0) is 4.79 Å². The topological polar surface area (TPSA) is 37.3 Å². The fraction of sp³-hybridized carbons (Fsp3) is 0.286. The van der Waals surface area contributed by atoms with E-state index in [0.29, 0.717) is 0 Å². The Balaban J connectivity index is 2.94. The fourth-order valence-corrected chi connectivity index (χ4v) is 0.924. The van der Waals surface area contributed by atoms with Crippen molar-refractivity contribution >= 4 is 17.6 Å². The minimum absolute atomic E-state index is 1.11. The van der Waals surface area contributed by atoms with Crippen LogP contribution in [0, 0.1) is 0 Å². The lowest BCUT2D eigenvalue weighted by atomic mass is 9.98. The summed E-state index contributed by atoms with van der Waals surface area (Å²) in [6, 6.07) is 0. The first-order chi connectivity index (χ1) is 5.07. The third kappa shape index (κ3) is 1.28. The molecule has 0 saturated heterocycles. The van der Waals surface area contributed by atoms with E-state index in [-0.39, 0.29) is 0 Å². The average molecular weight is 177 g/mol. The molecule has 0 spiro atoms. The van der Waals surface area contributed by atoms with E-state index >= 15 is 0 Å². The number of allylic oxidation sites excluding steroid dienone is 3. The van der Waals surface area contributed by atoms with Crippen LogP contribution in [0.15, 0.2) is 24.3 Å². The molecule has 2 atom stereocenters. The molecule has 2 unspecified atom stereocenters. The van der Waals surface area contributed by atoms with Crippen LogP contribution in [0.25, 0.3) is 0 Å². The minimum Gasteiger partial charge on any atom is -0.480 e. The molecule has 1 N–H and O–H groups in total. The summed E-state index contributed by atoms with van der Waals surface area (Å²) in [6.45, 7) is 0. The molecule has 0 aromatic rings. The summed E-state index contributed by atoms with van der Waals surface area (Å²) in [5.41, 5.74) is 0. The number of alkyl halides is 2. The first-order valence-corrected chi connectivity index (χ1v) is 3.37. The molecule has 0 aromatic heterocycles. The number of rotatable bonds is 1. The smallest absolute Gasteiger partial charge is 0.332 e. The van der Waals surface area contributed by atoms with Gasteiger partial charge in [-0.1, -0.05) is 23.8 Å². The normalized spacial score (nSPS) is 35.6. The van der Waals surface area contributed by atoms with Crippen molar-refractivity contribution in [3.05, 3.63) is 24.3 Å². The van der Waals surface area contributed by atoms with Crippen LogP contribution in [0.5, 0.6) is 0 Å². The first kappa shape index (κ1) is 8.27. The molecule has 0 bridgehead atoms. The second-order valence-corrected chi connectivity index (χ2v) is 2.84. The lowest BCUT2D eigenvalue weighted by Gasteiger charge is -2.21. The number of halogens is 2. The van der Waals surface area contributed by atoms with Crippen molar-refractivity contribution in [1.29, 1.82) is 0 Å². The Morgan fingerprint density at radius 3 is 2.64 bits per heavy atom. The molecule has 1 rings (SSSR count). The maximum Gasteiger partial charge on any atom is 0.332 e. The number of carboxylic acid groups (broad SMARTS) is 1. The number of hydrogen-bond donors (Lipinski definition) is 1. The molecule has 0 aliphatic heterocycles. The Hall–Kier alpha value is -0.830. The Kier molecular flexibility index (Phi) is 2.00. The van der Waals surface area contributed by atoms with Gasteiger partial charge in [-0.25, -0.2) is 9.18 Å². The maximum absolute atomic E-state index is 12.8. The molecule has 1 aliphatic carbocycles. The highest BCUT2D eigenvalue weighted by molar-refractivity contribution is 6.36. The average Bonchev–Trinajstić information content (AvgIpc) is 1.95. The third-order valence-electron chi connectivity index (χ3n) is 1.46. The largest absolute Gasteiger partial charge is 0.480 e. The Bertz CT molecular complexity index is 237. The summed E-state index contributed by atoms with van der Waals surface area (Å²) in [5.74, 6) is -1.37. The van der Waals surface area contributed by atoms with Gasteiger partial charge >= 0.3 is 5.97 Å². The van der Waals surface area contributed by atoms with E-state index < -0.39 is 17.0 Å². The SMILES string of the molecule is O=C(O)C1(Cl)C=CC=CC1F. The zero-order valence-electron chi connectivity index (χ0n) is 5.50. The summed E-state index contributed by atoms with van der Waals surface area (Å²) in [5, 5.41) is 8.51. The van der Waals surface area contributed by atoms with Gasteiger partial charge in [0.25, 0.3) is 0 Å². The van der Waals surface area contributed by atoms with E-state index in [9.17, 15) is 9.18 Å². The Labute approximate surface area is 68.0 Å². The van der Waals surface area contributed by atoms with Crippen molar-refractivity contribution in [3.8, 4) is 0 Å². The van der Waals surface area contributed by atoms with Crippen LogP contribution in [0.2, 0.25) is 0 Å². The van der Waals surface area contributed by atoms with Crippen LogP contribution in [-0.4, -0.2) is 22.1 Å². The zero-order chi connectivity index (χ0) is 8.48. The Morgan fingerprint density at radius 2 is 2.27 bits per heavy atom. The van der Waals surface area contributed by atoms with Gasteiger partial charge in [0.2, 0.25) is 0 Å². The van der Waals surface area contributed by atoms with Crippen molar-refractivity contribution in [2.24, 2.45) is 0 Å². The molecule has 11 heavy (non-hydrogen) atoms. The van der Waals surface area contributed by atoms with E-state index in [4.69, 9.17) is 16.7 Å². The molecular weight excluding hydrogens is 171 g/mol. The van der Waals surface area contributed by atoms with E-state index in [0.717, 1.165) is 12.2 Å². The number of carboxylic acids is 1. The summed E-state index contributed by atoms with van der Waals surface area (Å²) in [6.07, 6.45) is 3.42. The van der Waals surface area contributed by atoms with Gasteiger partial charge in [0.15, 0.2) is 11.0 Å². The van der Waals surface area contributed by atoms with E-state index in [1.54, 1.807) is 0 Å². The molecule has 1 aliphatic rings. The van der Waals surface area contributed by atoms with Gasteiger partial charge in [0.05, 0.1) is 0 Å². The zero-order valence-corrected chi connectivity index (χ0v) is 6.25. The van der Waals surface area contributed by atoms with Crippen LogP contribution < -0.4 is 0 Å². The van der Waals surface area contributed by atoms with Crippen LogP contribution in [0.4, 0.5) is 4.39 Å². The molecule has 0 radical (unpaired) electrons. The first-order valence-electron chi connectivity index (χ1n) is 3.00. The van der Waals surface area contributed by atoms with Gasteiger partial charge in [0, 0.05) is 0 Å². The molecule has 0 fully saturated rings. The van der Waals surface area contributed by atoms with E-state index in [1.807, 2.05) is 0 Å². The maximum atomic E-state index is 12.8. The monoisotopic (exact) mass is 176 g/mol. The standard InChI is InChI=1S/C7H6ClFO2/c8-7(6(10)11)4-2-1-3-5(7)9/h1-5H,(H,10,11). The molecule has 4 heteroatoms. The molecule has 2 nitrogen and oxygen atoms in total. The highest BCUT2D eigenvalue weighted by Crippen LogP contribution is 2.28. The van der Waals surface area contributed by atoms with Crippen LogP contribution >= 0.6 is 11.6 Å². The molecule has 60 valence electrons. The predicted molar refractivity (Wildman–Crippen MR) is 39.4 cm³/mol. The van der Waals surface area contributed by atoms with Gasteiger partial charge < -0.3 is 5.11 Å². The van der Waals surface area contributed by atoms with Crippen molar-refractivity contribution in [2.45, 2.75) is 11.0 Å². The quantitative estimate of drug-likeness (QED) is 0.615. The minimum atomic E-state index is -1.91. The summed E-state index contributed by atoms with van der Waals surface area (Å²) < 4.78 is 12.8. The second kappa shape index (κ2) is 2.66. The second-order valence-electron chi connectivity index (χ2n) is 2.22. The Morgan fingerprint density at radius 1 is 1.64 bits per heavy atom. The van der Waals surface area contributed by atoms with Crippen molar-refractivity contribution < 1.29 is 14.3 Å². The fourth-order valence-electron chi connectivity index (χ4n) is 0.779. The summed E-state index contributed by atoms with van der Waals surface area (Å²) in [4.78, 5) is 8.52. The van der Waals surface area contributed by atoms with Crippen molar-refractivity contribution in [1.82, 2.24) is 0 Å². The highest BCUT2D eigenvalue weighted by atomic mass is 35.5. The van der Waals surface area contributed by atoms with Gasteiger partial charge in [-0.15, -0.1) is 0 Å². The van der Waals surface area contributed by atoms with Gasteiger partial charge in [-0.05, 0) is 12.2 Å². The summed E-state index contributed by atoms with van der Waals surface area (Å²) >= 11 is 5.45. The summed E-state index contributed by atoms with van der Waals surface area (Å²) in [7, 11) is 0. The van der Waals surface area contributed by atoms with Gasteiger partial charge in [0.1, 0.15) is 0 Å². The molecular formula is C7H6ClFO2. The van der Waals surface area contributed by atoms with Crippen LogP contribution in [0.3, 0.4) is 0 Å². The van der Waals surface area contributed by atoms with Gasteiger partial charge in [-0.2, -0.15) is 0 Å². The van der Waals surface area contributed by atoms with E-state index in [2.05, 4.69) is 0 Å². The predicted octanol–water partition coefficient (Wildman–Crippen LogP) is 1.51. The lowest BCUT2D eigenvalue weighted by molar-refractivity contribution is -0.139. The van der Waals surface area contributed by atoms with Gasteiger partial charge in [-0.3, -0.25) is 0 Å². The van der Waals surface area contributed by atoms with Crippen molar-refractivity contribution in [2.75, 3.05) is 0 Å². The highest BCUT2D eigenvalue weighted by Gasteiger charge is 2.42. The molecule has 0 amide bonds. The van der Waals surface area contributed by atoms with Crippen molar-refractivity contribution in [3.63, 3.8) is 0 Å². The van der Waals surface area contributed by atoms with Crippen LogP contribution in [0.1, 0.15) is 0 Å². The molecule has 0 heterocycles. The number of carbonyl (C=O) groups is 1. The third-order valence-corrected chi connectivity index (χ3v) is 1.96. The number of hydrogen-bond acceptors (Lipinski definition) is 1.